The lowest BCUT2D eigenvalue weighted by atomic mass is 10.0. The van der Waals surface area contributed by atoms with Crippen LogP contribution in [0.2, 0.25) is 0 Å². The number of hydrogen-bond acceptors (Lipinski definition) is 3. The van der Waals surface area contributed by atoms with Gasteiger partial charge in [-0.3, -0.25) is 9.59 Å². The van der Waals surface area contributed by atoms with Crippen molar-refractivity contribution in [1.29, 1.82) is 0 Å². The van der Waals surface area contributed by atoms with E-state index in [4.69, 9.17) is 4.74 Å². The molecule has 1 fully saturated rings. The Morgan fingerprint density at radius 1 is 1.19 bits per heavy atom. The van der Waals surface area contributed by atoms with Crippen LogP contribution in [0.5, 0.6) is 0 Å². The van der Waals surface area contributed by atoms with Crippen molar-refractivity contribution in [2.24, 2.45) is 0 Å². The Hall–Kier alpha value is -2.40. The molecule has 2 heterocycles. The third kappa shape index (κ3) is 2.87. The molecule has 1 aliphatic heterocycles. The zero-order valence-electron chi connectivity index (χ0n) is 11.4. The Bertz CT molecular complexity index is 681. The zero-order chi connectivity index (χ0) is 14.7. The van der Waals surface area contributed by atoms with Gasteiger partial charge in [0, 0.05) is 12.8 Å². The minimum absolute atomic E-state index is 0.121. The van der Waals surface area contributed by atoms with Crippen LogP contribution in [0, 0.1) is 0 Å². The fraction of sp³-hybridized carbons (Fsp3) is 0.250. The highest BCUT2D eigenvalue weighted by Gasteiger charge is 2.31. The number of benzene rings is 1. The summed E-state index contributed by atoms with van der Waals surface area (Å²) < 4.78 is 5.72. The second kappa shape index (κ2) is 5.93. The molecule has 0 unspecified atom stereocenters. The molecule has 1 saturated heterocycles. The number of amides is 1. The van der Waals surface area contributed by atoms with Gasteiger partial charge in [0.1, 0.15) is 11.7 Å². The first-order chi connectivity index (χ1) is 10.3. The molecule has 0 radical (unpaired) electrons. The average Bonchev–Trinajstić information content (AvgIpc) is 2.96. The number of aromatic amines is 1. The van der Waals surface area contributed by atoms with E-state index < -0.39 is 0 Å². The number of hydrogen-bond donors (Lipinski definition) is 2. The largest absolute Gasteiger partial charge is 0.371 e. The molecule has 1 aromatic carbocycles. The molecule has 3 rings (SSSR count). The highest BCUT2D eigenvalue weighted by molar-refractivity contribution is 5.94. The molecule has 0 saturated carbocycles. The number of carbonyl (C=O) groups excluding carboxylic acids is 1. The maximum absolute atomic E-state index is 12.2. The number of aromatic nitrogens is 1. The summed E-state index contributed by atoms with van der Waals surface area (Å²) in [6, 6.07) is 12.8. The summed E-state index contributed by atoms with van der Waals surface area (Å²) in [6.45, 7) is 0.593. The Morgan fingerprint density at radius 2 is 2.00 bits per heavy atom. The summed E-state index contributed by atoms with van der Waals surface area (Å²) in [4.78, 5) is 26.4. The van der Waals surface area contributed by atoms with E-state index in [1.54, 1.807) is 6.07 Å². The smallest absolute Gasteiger partial charge is 0.260 e. The summed E-state index contributed by atoms with van der Waals surface area (Å²) in [5.74, 6) is -0.367. The van der Waals surface area contributed by atoms with Crippen LogP contribution < -0.4 is 10.9 Å². The zero-order valence-corrected chi connectivity index (χ0v) is 11.4. The standard InChI is InChI=1S/C16H16N2O3/c19-15-12(7-4-9-17-15)16(20)18-13-8-10-21-14(13)11-5-2-1-3-6-11/h1-7,9,13-14H,8,10H2,(H,17,19)(H,18,20)/t13-,14-/m0/s1. The molecule has 1 aliphatic rings. The molecule has 1 amide bonds. The van der Waals surface area contributed by atoms with E-state index in [0.29, 0.717) is 6.61 Å². The molecule has 5 nitrogen and oxygen atoms in total. The normalized spacial score (nSPS) is 21.1. The van der Waals surface area contributed by atoms with E-state index in [1.165, 1.54) is 12.3 Å². The van der Waals surface area contributed by atoms with Crippen LogP contribution in [-0.4, -0.2) is 23.5 Å². The minimum Gasteiger partial charge on any atom is -0.371 e. The van der Waals surface area contributed by atoms with E-state index >= 15 is 0 Å². The first kappa shape index (κ1) is 13.6. The van der Waals surface area contributed by atoms with Gasteiger partial charge in [0.15, 0.2) is 0 Å². The van der Waals surface area contributed by atoms with Crippen molar-refractivity contribution in [3.63, 3.8) is 0 Å². The van der Waals surface area contributed by atoms with Gasteiger partial charge in [0.2, 0.25) is 0 Å². The molecule has 1 aromatic heterocycles. The van der Waals surface area contributed by atoms with Gasteiger partial charge in [0.05, 0.1) is 6.04 Å². The minimum atomic E-state index is -0.384. The van der Waals surface area contributed by atoms with Gasteiger partial charge >= 0.3 is 0 Å². The molecule has 2 atom stereocenters. The molecule has 2 aromatic rings. The van der Waals surface area contributed by atoms with Gasteiger partial charge in [-0.05, 0) is 24.1 Å². The molecule has 108 valence electrons. The van der Waals surface area contributed by atoms with Crippen LogP contribution in [0.25, 0.3) is 0 Å². The lowest BCUT2D eigenvalue weighted by Crippen LogP contribution is -2.39. The Balaban J connectivity index is 1.77. The second-order valence-electron chi connectivity index (χ2n) is 4.98. The molecule has 5 heteroatoms. The van der Waals surface area contributed by atoms with Gasteiger partial charge in [-0.25, -0.2) is 0 Å². The highest BCUT2D eigenvalue weighted by atomic mass is 16.5. The van der Waals surface area contributed by atoms with Crippen molar-refractivity contribution in [2.45, 2.75) is 18.6 Å². The molecular formula is C16H16N2O3. The lowest BCUT2D eigenvalue weighted by molar-refractivity contribution is 0.0820. The van der Waals surface area contributed by atoms with Crippen molar-refractivity contribution in [3.8, 4) is 0 Å². The first-order valence-electron chi connectivity index (χ1n) is 6.91. The first-order valence-corrected chi connectivity index (χ1v) is 6.91. The van der Waals surface area contributed by atoms with Gasteiger partial charge in [-0.2, -0.15) is 0 Å². The molecular weight excluding hydrogens is 268 g/mol. The van der Waals surface area contributed by atoms with E-state index in [-0.39, 0.29) is 29.2 Å². The van der Waals surface area contributed by atoms with Crippen LogP contribution in [0.1, 0.15) is 28.4 Å². The quantitative estimate of drug-likeness (QED) is 0.900. The summed E-state index contributed by atoms with van der Waals surface area (Å²) in [5, 5.41) is 2.90. The number of ether oxygens (including phenoxy) is 1. The third-order valence-electron chi connectivity index (χ3n) is 3.60. The van der Waals surface area contributed by atoms with Crippen LogP contribution in [0.3, 0.4) is 0 Å². The fourth-order valence-electron chi connectivity index (χ4n) is 2.56. The number of rotatable bonds is 3. The molecule has 2 N–H and O–H groups in total. The van der Waals surface area contributed by atoms with Gasteiger partial charge in [-0.1, -0.05) is 30.3 Å². The van der Waals surface area contributed by atoms with E-state index in [1.807, 2.05) is 30.3 Å². The number of H-pyrrole nitrogens is 1. The Kier molecular flexibility index (Phi) is 3.83. The average molecular weight is 284 g/mol. The van der Waals surface area contributed by atoms with Crippen molar-refractivity contribution < 1.29 is 9.53 Å². The van der Waals surface area contributed by atoms with E-state index in [0.717, 1.165) is 12.0 Å². The molecule has 21 heavy (non-hydrogen) atoms. The van der Waals surface area contributed by atoms with Crippen molar-refractivity contribution in [3.05, 3.63) is 70.1 Å². The van der Waals surface area contributed by atoms with Crippen molar-refractivity contribution >= 4 is 5.91 Å². The van der Waals surface area contributed by atoms with Crippen molar-refractivity contribution in [2.75, 3.05) is 6.61 Å². The van der Waals surface area contributed by atoms with Crippen LogP contribution >= 0.6 is 0 Å². The monoisotopic (exact) mass is 284 g/mol. The maximum atomic E-state index is 12.2. The van der Waals surface area contributed by atoms with Crippen LogP contribution in [0.15, 0.2) is 53.5 Å². The summed E-state index contributed by atoms with van der Waals surface area (Å²) in [6.07, 6.45) is 2.07. The van der Waals surface area contributed by atoms with E-state index in [2.05, 4.69) is 10.3 Å². The summed E-state index contributed by atoms with van der Waals surface area (Å²) >= 11 is 0. The van der Waals surface area contributed by atoms with Gasteiger partial charge < -0.3 is 15.0 Å². The number of carbonyl (C=O) groups is 1. The SMILES string of the molecule is O=C(N[C@H]1CCO[C@H]1c1ccccc1)c1ccc[nH]c1=O. The van der Waals surface area contributed by atoms with E-state index in [9.17, 15) is 9.59 Å². The highest BCUT2D eigenvalue weighted by Crippen LogP contribution is 2.28. The molecule has 0 spiro atoms. The maximum Gasteiger partial charge on any atom is 0.260 e. The number of pyridine rings is 1. The Morgan fingerprint density at radius 3 is 2.76 bits per heavy atom. The second-order valence-corrected chi connectivity index (χ2v) is 4.98. The third-order valence-corrected chi connectivity index (χ3v) is 3.60. The molecule has 0 bridgehead atoms. The van der Waals surface area contributed by atoms with Gasteiger partial charge in [-0.15, -0.1) is 0 Å². The lowest BCUT2D eigenvalue weighted by Gasteiger charge is -2.20. The van der Waals surface area contributed by atoms with Crippen LogP contribution in [0.4, 0.5) is 0 Å². The summed E-state index contributed by atoms with van der Waals surface area (Å²) in [5.41, 5.74) is 0.767. The predicted octanol–water partition coefficient (Wildman–Crippen LogP) is 1.63. The number of nitrogens with one attached hydrogen (secondary N) is 2. The van der Waals surface area contributed by atoms with Crippen molar-refractivity contribution in [1.82, 2.24) is 10.3 Å². The molecule has 0 aliphatic carbocycles. The van der Waals surface area contributed by atoms with Gasteiger partial charge in [0.25, 0.3) is 11.5 Å². The predicted molar refractivity (Wildman–Crippen MR) is 78.1 cm³/mol. The Labute approximate surface area is 122 Å². The topological polar surface area (TPSA) is 71.2 Å². The van der Waals surface area contributed by atoms with Crippen LogP contribution in [-0.2, 0) is 4.74 Å². The fourth-order valence-corrected chi connectivity index (χ4v) is 2.56. The summed E-state index contributed by atoms with van der Waals surface area (Å²) in [7, 11) is 0.